The van der Waals surface area contributed by atoms with E-state index in [2.05, 4.69) is 0 Å². The van der Waals surface area contributed by atoms with E-state index in [0.717, 1.165) is 25.7 Å². The number of ketones is 1. The van der Waals surface area contributed by atoms with Crippen LogP contribution in [0.1, 0.15) is 45.4 Å². The van der Waals surface area contributed by atoms with Crippen molar-refractivity contribution in [2.75, 3.05) is 0 Å². The van der Waals surface area contributed by atoms with Gasteiger partial charge < -0.3 is 4.74 Å². The van der Waals surface area contributed by atoms with E-state index in [1.165, 1.54) is 19.8 Å². The molecule has 0 radical (unpaired) electrons. The summed E-state index contributed by atoms with van der Waals surface area (Å²) in [5, 5.41) is 0. The summed E-state index contributed by atoms with van der Waals surface area (Å²) in [5.74, 6) is 0.596. The number of esters is 1. The monoisotopic (exact) mass is 210 g/mol. The number of carbonyl (C=O) groups excluding carboxylic acids is 2. The van der Waals surface area contributed by atoms with Crippen LogP contribution in [0.4, 0.5) is 0 Å². The molecule has 3 atom stereocenters. The van der Waals surface area contributed by atoms with Crippen LogP contribution in [0.25, 0.3) is 0 Å². The van der Waals surface area contributed by atoms with Crippen molar-refractivity contribution in [1.82, 2.24) is 0 Å². The third-order valence-electron chi connectivity index (χ3n) is 3.70. The highest BCUT2D eigenvalue weighted by atomic mass is 16.5. The maximum absolute atomic E-state index is 12.0. The minimum atomic E-state index is -0.443. The van der Waals surface area contributed by atoms with Gasteiger partial charge in [0.2, 0.25) is 0 Å². The van der Waals surface area contributed by atoms with Gasteiger partial charge in [-0.15, -0.1) is 0 Å². The molecular weight excluding hydrogens is 192 g/mol. The van der Waals surface area contributed by atoms with E-state index in [1.807, 2.05) is 0 Å². The highest BCUT2D eigenvalue weighted by molar-refractivity contribution is 5.88. The Morgan fingerprint density at radius 3 is 2.67 bits per heavy atom. The molecule has 0 spiro atoms. The van der Waals surface area contributed by atoms with Crippen molar-refractivity contribution < 1.29 is 14.3 Å². The fourth-order valence-electron chi connectivity index (χ4n) is 2.99. The van der Waals surface area contributed by atoms with Crippen LogP contribution in [0.3, 0.4) is 0 Å². The van der Waals surface area contributed by atoms with Crippen molar-refractivity contribution in [3.8, 4) is 0 Å². The number of rotatable bonds is 1. The molecule has 3 heteroatoms. The Bertz CT molecular complexity index is 272. The van der Waals surface area contributed by atoms with Gasteiger partial charge in [-0.1, -0.05) is 12.8 Å². The van der Waals surface area contributed by atoms with Crippen LogP contribution in [-0.2, 0) is 14.3 Å². The lowest BCUT2D eigenvalue weighted by Gasteiger charge is -2.37. The number of ether oxygens (including phenoxy) is 1. The molecule has 0 aromatic rings. The highest BCUT2D eigenvalue weighted by Gasteiger charge is 2.40. The fraction of sp³-hybridized carbons (Fsp3) is 0.833. The van der Waals surface area contributed by atoms with Crippen molar-refractivity contribution in [2.45, 2.75) is 51.6 Å². The van der Waals surface area contributed by atoms with Gasteiger partial charge in [0.25, 0.3) is 0 Å². The third-order valence-corrected chi connectivity index (χ3v) is 3.70. The molecule has 2 aliphatic carbocycles. The molecule has 2 aliphatic rings. The molecule has 3 nitrogen and oxygen atoms in total. The van der Waals surface area contributed by atoms with Crippen LogP contribution in [0.15, 0.2) is 0 Å². The van der Waals surface area contributed by atoms with Gasteiger partial charge in [0, 0.05) is 12.8 Å². The highest BCUT2D eigenvalue weighted by Crippen LogP contribution is 2.39. The molecule has 0 N–H and O–H groups in total. The van der Waals surface area contributed by atoms with E-state index in [-0.39, 0.29) is 17.7 Å². The van der Waals surface area contributed by atoms with Crippen molar-refractivity contribution in [3.05, 3.63) is 0 Å². The number of hydrogen-bond donors (Lipinski definition) is 0. The minimum Gasteiger partial charge on any atom is -0.455 e. The molecule has 2 fully saturated rings. The molecule has 0 aliphatic heterocycles. The standard InChI is InChI=1S/C12H18O3/c1-8(13)15-11-7-6-9-4-2-3-5-10(9)12(11)14/h9-11H,2-7H2,1H3. The van der Waals surface area contributed by atoms with E-state index in [9.17, 15) is 9.59 Å². The van der Waals surface area contributed by atoms with Crippen molar-refractivity contribution in [3.63, 3.8) is 0 Å². The van der Waals surface area contributed by atoms with Gasteiger partial charge >= 0.3 is 5.97 Å². The fourth-order valence-corrected chi connectivity index (χ4v) is 2.99. The maximum Gasteiger partial charge on any atom is 0.303 e. The quantitative estimate of drug-likeness (QED) is 0.622. The summed E-state index contributed by atoms with van der Waals surface area (Å²) < 4.78 is 5.06. The van der Waals surface area contributed by atoms with Crippen molar-refractivity contribution in [1.29, 1.82) is 0 Å². The molecule has 0 bridgehead atoms. The predicted octanol–water partition coefficient (Wildman–Crippen LogP) is 2.09. The first-order chi connectivity index (χ1) is 7.18. The zero-order chi connectivity index (χ0) is 10.8. The smallest absolute Gasteiger partial charge is 0.303 e. The molecule has 0 aromatic carbocycles. The van der Waals surface area contributed by atoms with Crippen molar-refractivity contribution in [2.24, 2.45) is 11.8 Å². The first kappa shape index (κ1) is 10.7. The van der Waals surface area contributed by atoms with Gasteiger partial charge in [0.15, 0.2) is 11.9 Å². The topological polar surface area (TPSA) is 43.4 Å². The van der Waals surface area contributed by atoms with Gasteiger partial charge in [0.05, 0.1) is 0 Å². The van der Waals surface area contributed by atoms with Crippen LogP contribution in [0.2, 0.25) is 0 Å². The number of fused-ring (bicyclic) bond motifs is 1. The molecule has 2 rings (SSSR count). The van der Waals surface area contributed by atoms with Crippen LogP contribution in [0, 0.1) is 11.8 Å². The van der Waals surface area contributed by atoms with Gasteiger partial charge in [-0.05, 0) is 31.6 Å². The molecule has 0 heterocycles. The summed E-state index contributed by atoms with van der Waals surface area (Å²) in [4.78, 5) is 22.9. The summed E-state index contributed by atoms with van der Waals surface area (Å²) in [6.07, 6.45) is 5.94. The normalized spacial score (nSPS) is 35.8. The van der Waals surface area contributed by atoms with E-state index in [4.69, 9.17) is 4.74 Å². The zero-order valence-corrected chi connectivity index (χ0v) is 9.20. The first-order valence-electron chi connectivity index (χ1n) is 5.89. The summed E-state index contributed by atoms with van der Waals surface area (Å²) in [6, 6.07) is 0. The number of carbonyl (C=O) groups is 2. The Kier molecular flexibility index (Phi) is 3.08. The van der Waals surface area contributed by atoms with Gasteiger partial charge in [-0.25, -0.2) is 0 Å². The van der Waals surface area contributed by atoms with Crippen molar-refractivity contribution >= 4 is 11.8 Å². The molecule has 3 unspecified atom stereocenters. The lowest BCUT2D eigenvalue weighted by molar-refractivity contribution is -0.159. The second-order valence-corrected chi connectivity index (χ2v) is 4.73. The Hall–Kier alpha value is -0.860. The lowest BCUT2D eigenvalue weighted by atomic mass is 9.69. The summed E-state index contributed by atoms with van der Waals surface area (Å²) in [5.41, 5.74) is 0. The van der Waals surface area contributed by atoms with Crippen LogP contribution in [-0.4, -0.2) is 17.9 Å². The second kappa shape index (κ2) is 4.33. The predicted molar refractivity (Wildman–Crippen MR) is 55.2 cm³/mol. The van der Waals surface area contributed by atoms with Gasteiger partial charge in [-0.2, -0.15) is 0 Å². The number of Topliss-reactive ketones (excluding diaryl/α,β-unsaturated/α-hetero) is 1. The molecular formula is C12H18O3. The van der Waals surface area contributed by atoms with E-state index in [0.29, 0.717) is 5.92 Å². The lowest BCUT2D eigenvalue weighted by Crippen LogP contribution is -2.42. The minimum absolute atomic E-state index is 0.178. The Morgan fingerprint density at radius 1 is 1.20 bits per heavy atom. The number of hydrogen-bond acceptors (Lipinski definition) is 3. The average Bonchev–Trinajstić information content (AvgIpc) is 2.22. The molecule has 84 valence electrons. The molecule has 2 saturated carbocycles. The summed E-state index contributed by atoms with van der Waals surface area (Å²) >= 11 is 0. The van der Waals surface area contributed by atoms with Gasteiger partial charge in [0.1, 0.15) is 0 Å². The molecule has 0 amide bonds. The van der Waals surface area contributed by atoms with Crippen LogP contribution >= 0.6 is 0 Å². The largest absolute Gasteiger partial charge is 0.455 e. The molecule has 15 heavy (non-hydrogen) atoms. The average molecular weight is 210 g/mol. The molecule has 0 saturated heterocycles. The third kappa shape index (κ3) is 2.21. The Morgan fingerprint density at radius 2 is 1.93 bits per heavy atom. The van der Waals surface area contributed by atoms with E-state index >= 15 is 0 Å². The summed E-state index contributed by atoms with van der Waals surface area (Å²) in [7, 11) is 0. The van der Waals surface area contributed by atoms with E-state index < -0.39 is 6.10 Å². The van der Waals surface area contributed by atoms with Crippen LogP contribution < -0.4 is 0 Å². The second-order valence-electron chi connectivity index (χ2n) is 4.73. The summed E-state index contributed by atoms with van der Waals surface area (Å²) in [6.45, 7) is 1.38. The van der Waals surface area contributed by atoms with Gasteiger partial charge in [-0.3, -0.25) is 9.59 Å². The maximum atomic E-state index is 12.0. The SMILES string of the molecule is CC(=O)OC1CCC2CCCCC2C1=O. The van der Waals surface area contributed by atoms with E-state index in [1.54, 1.807) is 0 Å². The molecule has 0 aromatic heterocycles. The zero-order valence-electron chi connectivity index (χ0n) is 9.20. The first-order valence-corrected chi connectivity index (χ1v) is 5.89. The Labute approximate surface area is 90.2 Å². The Balaban J connectivity index is 2.01. The van der Waals surface area contributed by atoms with Crippen LogP contribution in [0.5, 0.6) is 0 Å².